The number of carbonyl (C=O) groups is 1. The smallest absolute Gasteiger partial charge is 0.270 e. The standard InChI is InChI=1S/C8H11ClN2O/c1-2-3-4-11-6-10-5-7(11)8(9)12/h5-6H,2-4H2,1H3. The third-order valence-electron chi connectivity index (χ3n) is 1.67. The first kappa shape index (κ1) is 9.26. The zero-order valence-electron chi connectivity index (χ0n) is 6.96. The molecule has 0 atom stereocenters. The van der Waals surface area contributed by atoms with E-state index in [-0.39, 0.29) is 0 Å². The van der Waals surface area contributed by atoms with Gasteiger partial charge in [-0.1, -0.05) is 13.3 Å². The average molecular weight is 187 g/mol. The summed E-state index contributed by atoms with van der Waals surface area (Å²) in [5, 5.41) is -0.441. The molecule has 0 saturated carbocycles. The molecule has 0 aliphatic rings. The minimum absolute atomic E-state index is 0.441. The van der Waals surface area contributed by atoms with Gasteiger partial charge in [0.1, 0.15) is 5.69 Å². The van der Waals surface area contributed by atoms with Crippen molar-refractivity contribution in [3.63, 3.8) is 0 Å². The lowest BCUT2D eigenvalue weighted by molar-refractivity contribution is 0.107. The minimum atomic E-state index is -0.441. The summed E-state index contributed by atoms with van der Waals surface area (Å²) in [4.78, 5) is 14.6. The molecule has 0 spiro atoms. The highest BCUT2D eigenvalue weighted by Crippen LogP contribution is 2.05. The molecule has 0 bridgehead atoms. The molecule has 0 aliphatic heterocycles. The SMILES string of the molecule is CCCCn1cncc1C(=O)Cl. The van der Waals surface area contributed by atoms with Crippen molar-refractivity contribution < 1.29 is 4.79 Å². The first-order valence-corrected chi connectivity index (χ1v) is 4.33. The van der Waals surface area contributed by atoms with Crippen LogP contribution in [0.3, 0.4) is 0 Å². The van der Waals surface area contributed by atoms with Crippen LogP contribution >= 0.6 is 11.6 Å². The Morgan fingerprint density at radius 1 is 1.75 bits per heavy atom. The summed E-state index contributed by atoms with van der Waals surface area (Å²) in [5.74, 6) is 0. The summed E-state index contributed by atoms with van der Waals surface area (Å²) < 4.78 is 1.78. The number of aryl methyl sites for hydroxylation is 1. The molecule has 12 heavy (non-hydrogen) atoms. The van der Waals surface area contributed by atoms with Crippen LogP contribution in [0.2, 0.25) is 0 Å². The zero-order valence-corrected chi connectivity index (χ0v) is 7.71. The van der Waals surface area contributed by atoms with Crippen LogP contribution in [0.15, 0.2) is 12.5 Å². The van der Waals surface area contributed by atoms with Crippen LogP contribution in [0.5, 0.6) is 0 Å². The van der Waals surface area contributed by atoms with Gasteiger partial charge < -0.3 is 4.57 Å². The molecule has 0 radical (unpaired) electrons. The summed E-state index contributed by atoms with van der Waals surface area (Å²) in [6, 6.07) is 0. The number of rotatable bonds is 4. The molecule has 0 unspecified atom stereocenters. The maximum absolute atomic E-state index is 10.8. The third kappa shape index (κ3) is 2.08. The van der Waals surface area contributed by atoms with Gasteiger partial charge in [-0.3, -0.25) is 4.79 Å². The van der Waals surface area contributed by atoms with Crippen LogP contribution in [0, 0.1) is 0 Å². The number of imidazole rings is 1. The highest BCUT2D eigenvalue weighted by Gasteiger charge is 2.07. The Morgan fingerprint density at radius 3 is 3.08 bits per heavy atom. The van der Waals surface area contributed by atoms with Gasteiger partial charge in [-0.15, -0.1) is 0 Å². The van der Waals surface area contributed by atoms with E-state index in [1.165, 1.54) is 6.20 Å². The first-order valence-electron chi connectivity index (χ1n) is 3.95. The van der Waals surface area contributed by atoms with Crippen molar-refractivity contribution in [1.82, 2.24) is 9.55 Å². The average Bonchev–Trinajstić information content (AvgIpc) is 2.48. The Morgan fingerprint density at radius 2 is 2.50 bits per heavy atom. The molecule has 0 saturated heterocycles. The fourth-order valence-corrected chi connectivity index (χ4v) is 1.15. The van der Waals surface area contributed by atoms with E-state index in [4.69, 9.17) is 11.6 Å². The van der Waals surface area contributed by atoms with E-state index in [9.17, 15) is 4.79 Å². The fraction of sp³-hybridized carbons (Fsp3) is 0.500. The van der Waals surface area contributed by atoms with Crippen molar-refractivity contribution in [1.29, 1.82) is 0 Å². The second kappa shape index (κ2) is 4.26. The van der Waals surface area contributed by atoms with Crippen molar-refractivity contribution >= 4 is 16.8 Å². The summed E-state index contributed by atoms with van der Waals surface area (Å²) in [7, 11) is 0. The first-order chi connectivity index (χ1) is 5.75. The topological polar surface area (TPSA) is 34.9 Å². The normalized spacial score (nSPS) is 10.2. The Labute approximate surface area is 76.4 Å². The Balaban J connectivity index is 2.70. The summed E-state index contributed by atoms with van der Waals surface area (Å²) in [6.07, 6.45) is 5.25. The molecule has 1 rings (SSSR count). The number of halogens is 1. The predicted molar refractivity (Wildman–Crippen MR) is 47.3 cm³/mol. The van der Waals surface area contributed by atoms with Gasteiger partial charge in [-0.05, 0) is 18.0 Å². The number of hydrogen-bond donors (Lipinski definition) is 0. The highest BCUT2D eigenvalue weighted by atomic mass is 35.5. The summed E-state index contributed by atoms with van der Waals surface area (Å²) in [6.45, 7) is 2.91. The van der Waals surface area contributed by atoms with Crippen molar-refractivity contribution in [3.05, 3.63) is 18.2 Å². The number of nitrogens with zero attached hydrogens (tertiary/aromatic N) is 2. The Kier molecular flexibility index (Phi) is 3.29. The Hall–Kier alpha value is -0.830. The van der Waals surface area contributed by atoms with Gasteiger partial charge in [0.25, 0.3) is 5.24 Å². The zero-order chi connectivity index (χ0) is 8.97. The van der Waals surface area contributed by atoms with Crippen LogP contribution in [0.4, 0.5) is 0 Å². The van der Waals surface area contributed by atoms with Gasteiger partial charge in [0.2, 0.25) is 0 Å². The predicted octanol–water partition coefficient (Wildman–Crippen LogP) is 2.06. The maximum atomic E-state index is 10.8. The molecule has 1 aromatic rings. The minimum Gasteiger partial charge on any atom is -0.327 e. The van der Waals surface area contributed by atoms with Crippen LogP contribution in [0.1, 0.15) is 30.3 Å². The second-order valence-corrected chi connectivity index (χ2v) is 2.94. The molecular weight excluding hydrogens is 176 g/mol. The second-order valence-electron chi connectivity index (χ2n) is 2.60. The van der Waals surface area contributed by atoms with Crippen molar-refractivity contribution in [2.75, 3.05) is 0 Å². The van der Waals surface area contributed by atoms with Crippen LogP contribution < -0.4 is 0 Å². The lowest BCUT2D eigenvalue weighted by Gasteiger charge is -2.02. The van der Waals surface area contributed by atoms with E-state index in [0.29, 0.717) is 5.69 Å². The van der Waals surface area contributed by atoms with E-state index < -0.39 is 5.24 Å². The molecular formula is C8H11ClN2O. The van der Waals surface area contributed by atoms with E-state index in [1.807, 2.05) is 0 Å². The molecule has 0 aromatic carbocycles. The molecule has 1 aromatic heterocycles. The number of hydrogen-bond acceptors (Lipinski definition) is 2. The molecule has 1 heterocycles. The van der Waals surface area contributed by atoms with Gasteiger partial charge in [0.05, 0.1) is 12.5 Å². The molecule has 66 valence electrons. The maximum Gasteiger partial charge on any atom is 0.270 e. The van der Waals surface area contributed by atoms with Gasteiger partial charge in [0, 0.05) is 6.54 Å². The fourth-order valence-electron chi connectivity index (χ4n) is 0.991. The van der Waals surface area contributed by atoms with E-state index in [2.05, 4.69) is 11.9 Å². The van der Waals surface area contributed by atoms with E-state index in [0.717, 1.165) is 19.4 Å². The molecule has 0 N–H and O–H groups in total. The van der Waals surface area contributed by atoms with Crippen LogP contribution in [-0.2, 0) is 6.54 Å². The molecule has 0 amide bonds. The van der Waals surface area contributed by atoms with Crippen molar-refractivity contribution in [2.45, 2.75) is 26.3 Å². The van der Waals surface area contributed by atoms with Gasteiger partial charge in [0.15, 0.2) is 0 Å². The number of unbranched alkanes of at least 4 members (excludes halogenated alkanes) is 1. The summed E-state index contributed by atoms with van der Waals surface area (Å²) >= 11 is 5.33. The lowest BCUT2D eigenvalue weighted by atomic mass is 10.3. The highest BCUT2D eigenvalue weighted by molar-refractivity contribution is 6.67. The van der Waals surface area contributed by atoms with Gasteiger partial charge in [-0.25, -0.2) is 4.98 Å². The Bertz CT molecular complexity index is 270. The third-order valence-corrected chi connectivity index (χ3v) is 1.86. The molecule has 0 fully saturated rings. The lowest BCUT2D eigenvalue weighted by Crippen LogP contribution is -2.03. The largest absolute Gasteiger partial charge is 0.327 e. The monoisotopic (exact) mass is 186 g/mol. The molecule has 0 aliphatic carbocycles. The van der Waals surface area contributed by atoms with E-state index in [1.54, 1.807) is 10.9 Å². The van der Waals surface area contributed by atoms with Gasteiger partial charge in [-0.2, -0.15) is 0 Å². The van der Waals surface area contributed by atoms with Crippen molar-refractivity contribution in [3.8, 4) is 0 Å². The van der Waals surface area contributed by atoms with Crippen molar-refractivity contribution in [2.24, 2.45) is 0 Å². The van der Waals surface area contributed by atoms with Crippen LogP contribution in [0.25, 0.3) is 0 Å². The van der Waals surface area contributed by atoms with Gasteiger partial charge >= 0.3 is 0 Å². The molecule has 3 nitrogen and oxygen atoms in total. The number of carbonyl (C=O) groups excluding carboxylic acids is 1. The summed E-state index contributed by atoms with van der Waals surface area (Å²) in [5.41, 5.74) is 0.477. The van der Waals surface area contributed by atoms with Crippen LogP contribution in [-0.4, -0.2) is 14.8 Å². The molecule has 4 heteroatoms. The number of aromatic nitrogens is 2. The van der Waals surface area contributed by atoms with E-state index >= 15 is 0 Å². The quantitative estimate of drug-likeness (QED) is 0.675.